The fourth-order valence-electron chi connectivity index (χ4n) is 3.45. The van der Waals surface area contributed by atoms with E-state index >= 15 is 0 Å². The molecule has 1 saturated carbocycles. The van der Waals surface area contributed by atoms with E-state index in [9.17, 15) is 14.4 Å². The summed E-state index contributed by atoms with van der Waals surface area (Å²) < 4.78 is 4.93. The summed E-state index contributed by atoms with van der Waals surface area (Å²) in [5.41, 5.74) is 1.86. The number of benzene rings is 1. The van der Waals surface area contributed by atoms with Crippen LogP contribution < -0.4 is 5.32 Å². The highest BCUT2D eigenvalue weighted by molar-refractivity contribution is 5.98. The molecule has 142 valence electrons. The van der Waals surface area contributed by atoms with Crippen LogP contribution in [0.2, 0.25) is 0 Å². The van der Waals surface area contributed by atoms with Gasteiger partial charge >= 0.3 is 5.97 Å². The first-order valence-corrected chi connectivity index (χ1v) is 9.27. The van der Waals surface area contributed by atoms with Crippen molar-refractivity contribution in [1.82, 2.24) is 5.32 Å². The summed E-state index contributed by atoms with van der Waals surface area (Å²) in [5, 5.41) is 2.87. The second-order valence-electron chi connectivity index (χ2n) is 7.53. The summed E-state index contributed by atoms with van der Waals surface area (Å²) in [5.74, 6) is -0.191. The van der Waals surface area contributed by atoms with Crippen molar-refractivity contribution in [1.29, 1.82) is 0 Å². The molecule has 0 saturated heterocycles. The summed E-state index contributed by atoms with van der Waals surface area (Å²) in [6.45, 7) is 6.10. The van der Waals surface area contributed by atoms with Crippen LogP contribution in [0.1, 0.15) is 66.9 Å². The van der Waals surface area contributed by atoms with Gasteiger partial charge in [0, 0.05) is 18.4 Å². The third-order valence-corrected chi connectivity index (χ3v) is 5.49. The van der Waals surface area contributed by atoms with Crippen molar-refractivity contribution in [2.24, 2.45) is 5.92 Å². The van der Waals surface area contributed by atoms with E-state index in [2.05, 4.69) is 12.2 Å². The number of hydrogen-bond acceptors (Lipinski definition) is 4. The molecule has 0 heterocycles. The topological polar surface area (TPSA) is 72.5 Å². The predicted octanol–water partition coefficient (Wildman–Crippen LogP) is 3.50. The number of nitrogens with one attached hydrogen (secondary N) is 1. The Morgan fingerprint density at radius 3 is 2.35 bits per heavy atom. The Labute approximate surface area is 155 Å². The maximum absolute atomic E-state index is 12.4. The molecule has 0 spiro atoms. The summed E-state index contributed by atoms with van der Waals surface area (Å²) in [6.07, 6.45) is 3.10. The van der Waals surface area contributed by atoms with E-state index in [1.165, 1.54) is 7.11 Å². The number of methoxy groups -OCH3 is 1. The number of hydrogen-bond donors (Lipinski definition) is 1. The zero-order valence-corrected chi connectivity index (χ0v) is 16.2. The molecule has 0 atom stereocenters. The molecule has 0 bridgehead atoms. The standard InChI is InChI=1S/C21H29NO4/c1-14-9-11-21(12-10-14,20(25)26-4)22-19(24)8-7-18(23)17-6-5-15(2)16(3)13-17/h5-6,13-14H,7-12H2,1-4H3,(H,22,24). The van der Waals surface area contributed by atoms with Crippen LogP contribution in [0.5, 0.6) is 0 Å². The van der Waals surface area contributed by atoms with Crippen LogP contribution in [0, 0.1) is 19.8 Å². The summed E-state index contributed by atoms with van der Waals surface area (Å²) >= 11 is 0. The van der Waals surface area contributed by atoms with E-state index in [1.54, 1.807) is 6.07 Å². The SMILES string of the molecule is COC(=O)C1(NC(=O)CCC(=O)c2ccc(C)c(C)c2)CCC(C)CC1. The van der Waals surface area contributed by atoms with Gasteiger partial charge in [-0.3, -0.25) is 9.59 Å². The van der Waals surface area contributed by atoms with Gasteiger partial charge in [0.05, 0.1) is 7.11 Å². The molecule has 1 aromatic rings. The lowest BCUT2D eigenvalue weighted by Gasteiger charge is -2.37. The van der Waals surface area contributed by atoms with E-state index in [0.717, 1.165) is 24.0 Å². The van der Waals surface area contributed by atoms with Gasteiger partial charge in [0.15, 0.2) is 5.78 Å². The van der Waals surface area contributed by atoms with Gasteiger partial charge in [0.2, 0.25) is 5.91 Å². The first kappa shape index (κ1) is 20.1. The van der Waals surface area contributed by atoms with E-state index in [-0.39, 0.29) is 24.5 Å². The Morgan fingerprint density at radius 1 is 1.12 bits per heavy atom. The predicted molar refractivity (Wildman–Crippen MR) is 100 cm³/mol. The molecule has 0 aromatic heterocycles. The van der Waals surface area contributed by atoms with Gasteiger partial charge in [-0.1, -0.05) is 19.1 Å². The van der Waals surface area contributed by atoms with Gasteiger partial charge in [-0.25, -0.2) is 4.79 Å². The zero-order chi connectivity index (χ0) is 19.3. The zero-order valence-electron chi connectivity index (χ0n) is 16.2. The Morgan fingerprint density at radius 2 is 1.77 bits per heavy atom. The van der Waals surface area contributed by atoms with Crippen molar-refractivity contribution in [2.75, 3.05) is 7.11 Å². The molecule has 5 heteroatoms. The van der Waals surface area contributed by atoms with Gasteiger partial charge in [-0.05, 0) is 62.6 Å². The highest BCUT2D eigenvalue weighted by Gasteiger charge is 2.43. The molecule has 26 heavy (non-hydrogen) atoms. The lowest BCUT2D eigenvalue weighted by Crippen LogP contribution is -2.56. The van der Waals surface area contributed by atoms with Crippen LogP contribution in [-0.4, -0.2) is 30.3 Å². The Kier molecular flexibility index (Phi) is 6.57. The first-order chi connectivity index (χ1) is 12.3. The summed E-state index contributed by atoms with van der Waals surface area (Å²) in [6, 6.07) is 5.56. The number of carbonyl (C=O) groups excluding carboxylic acids is 3. The Bertz CT molecular complexity index is 687. The maximum Gasteiger partial charge on any atom is 0.331 e. The molecule has 2 rings (SSSR count). The van der Waals surface area contributed by atoms with Crippen LogP contribution in [0.15, 0.2) is 18.2 Å². The second-order valence-corrected chi connectivity index (χ2v) is 7.53. The smallest absolute Gasteiger partial charge is 0.331 e. The number of amides is 1. The first-order valence-electron chi connectivity index (χ1n) is 9.27. The van der Waals surface area contributed by atoms with Gasteiger partial charge in [0.1, 0.15) is 5.54 Å². The van der Waals surface area contributed by atoms with Crippen molar-refractivity contribution in [3.05, 3.63) is 34.9 Å². The van der Waals surface area contributed by atoms with E-state index in [1.807, 2.05) is 26.0 Å². The average molecular weight is 359 g/mol. The largest absolute Gasteiger partial charge is 0.467 e. The maximum atomic E-state index is 12.4. The molecular formula is C21H29NO4. The fraction of sp³-hybridized carbons (Fsp3) is 0.571. The highest BCUT2D eigenvalue weighted by Crippen LogP contribution is 2.33. The van der Waals surface area contributed by atoms with Gasteiger partial charge in [0.25, 0.3) is 0 Å². The van der Waals surface area contributed by atoms with Crippen LogP contribution in [0.4, 0.5) is 0 Å². The van der Waals surface area contributed by atoms with Gasteiger partial charge in [-0.2, -0.15) is 0 Å². The minimum atomic E-state index is -0.943. The van der Waals surface area contributed by atoms with Crippen molar-refractivity contribution >= 4 is 17.7 Å². The number of ether oxygens (including phenoxy) is 1. The molecule has 1 N–H and O–H groups in total. The number of esters is 1. The van der Waals surface area contributed by atoms with Crippen LogP contribution in [-0.2, 0) is 14.3 Å². The van der Waals surface area contributed by atoms with Crippen molar-refractivity contribution in [3.8, 4) is 0 Å². The molecule has 0 aliphatic heterocycles. The quantitative estimate of drug-likeness (QED) is 0.623. The molecule has 1 fully saturated rings. The number of ketones is 1. The van der Waals surface area contributed by atoms with Crippen LogP contribution >= 0.6 is 0 Å². The molecule has 1 aromatic carbocycles. The third kappa shape index (κ3) is 4.71. The monoisotopic (exact) mass is 359 g/mol. The van der Waals surface area contributed by atoms with Crippen LogP contribution in [0.25, 0.3) is 0 Å². The lowest BCUT2D eigenvalue weighted by molar-refractivity contribution is -0.153. The lowest BCUT2D eigenvalue weighted by atomic mass is 9.77. The normalized spacial score (nSPS) is 22.5. The second kappa shape index (κ2) is 8.47. The average Bonchev–Trinajstić information content (AvgIpc) is 2.63. The molecule has 0 unspecified atom stereocenters. The molecule has 0 radical (unpaired) electrons. The minimum Gasteiger partial charge on any atom is -0.467 e. The van der Waals surface area contributed by atoms with Crippen molar-refractivity contribution < 1.29 is 19.1 Å². The fourth-order valence-corrected chi connectivity index (χ4v) is 3.45. The third-order valence-electron chi connectivity index (χ3n) is 5.49. The number of aryl methyl sites for hydroxylation is 2. The summed E-state index contributed by atoms with van der Waals surface area (Å²) in [7, 11) is 1.34. The van der Waals surface area contributed by atoms with E-state index in [0.29, 0.717) is 24.3 Å². The van der Waals surface area contributed by atoms with Crippen molar-refractivity contribution in [2.45, 2.75) is 64.8 Å². The molecule has 1 aliphatic rings. The Balaban J connectivity index is 1.96. The molecule has 1 aliphatic carbocycles. The number of carbonyl (C=O) groups is 3. The Hall–Kier alpha value is -2.17. The molecule has 5 nitrogen and oxygen atoms in total. The molecule has 1 amide bonds. The van der Waals surface area contributed by atoms with Crippen LogP contribution in [0.3, 0.4) is 0 Å². The number of rotatable bonds is 6. The van der Waals surface area contributed by atoms with Gasteiger partial charge < -0.3 is 10.1 Å². The van der Waals surface area contributed by atoms with E-state index < -0.39 is 11.5 Å². The highest BCUT2D eigenvalue weighted by atomic mass is 16.5. The number of Topliss-reactive ketones (excluding diaryl/α,β-unsaturated/α-hetero) is 1. The minimum absolute atomic E-state index is 0.0624. The summed E-state index contributed by atoms with van der Waals surface area (Å²) in [4.78, 5) is 37.0. The van der Waals surface area contributed by atoms with Gasteiger partial charge in [-0.15, -0.1) is 0 Å². The van der Waals surface area contributed by atoms with E-state index in [4.69, 9.17) is 4.74 Å². The molecular weight excluding hydrogens is 330 g/mol. The van der Waals surface area contributed by atoms with Crippen molar-refractivity contribution in [3.63, 3.8) is 0 Å².